The molecule has 1 atom stereocenters. The predicted octanol–water partition coefficient (Wildman–Crippen LogP) is 2.01. The number of nitrogens with zero attached hydrogens (tertiary/aromatic N) is 3. The fraction of sp³-hybridized carbons (Fsp3) is 0.800. The third-order valence-corrected chi connectivity index (χ3v) is 4.48. The van der Waals surface area contributed by atoms with Crippen LogP contribution in [0.15, 0.2) is 12.5 Å². The highest BCUT2D eigenvalue weighted by Gasteiger charge is 2.20. The summed E-state index contributed by atoms with van der Waals surface area (Å²) >= 11 is 0. The number of hydrogen-bond donors (Lipinski definition) is 1. The molecule has 3 rings (SSSR count). The predicted molar refractivity (Wildman–Crippen MR) is 77.0 cm³/mol. The van der Waals surface area contributed by atoms with Crippen LogP contribution in [0, 0.1) is 0 Å². The number of imidazole rings is 1. The number of likely N-dealkylation sites (tertiary alicyclic amines) is 1. The summed E-state index contributed by atoms with van der Waals surface area (Å²) < 4.78 is 2.26. The highest BCUT2D eigenvalue weighted by atomic mass is 15.1. The smallest absolute Gasteiger partial charge is 0.0949 e. The number of rotatable bonds is 6. The summed E-state index contributed by atoms with van der Waals surface area (Å²) in [5, 5.41) is 3.51. The normalized spacial score (nSPS) is 24.8. The van der Waals surface area contributed by atoms with Gasteiger partial charge in [0.25, 0.3) is 0 Å². The number of piperidine rings is 1. The summed E-state index contributed by atoms with van der Waals surface area (Å²) in [6, 6.07) is 1.53. The summed E-state index contributed by atoms with van der Waals surface area (Å²) in [5.41, 5.74) is 1.18. The van der Waals surface area contributed by atoms with Gasteiger partial charge < -0.3 is 14.8 Å². The summed E-state index contributed by atoms with van der Waals surface area (Å²) in [5.74, 6) is 0. The first kappa shape index (κ1) is 13.1. The van der Waals surface area contributed by atoms with Crippen LogP contribution < -0.4 is 5.32 Å². The lowest BCUT2D eigenvalue weighted by Crippen LogP contribution is -2.36. The molecule has 2 aliphatic rings. The van der Waals surface area contributed by atoms with Gasteiger partial charge in [0.1, 0.15) is 0 Å². The van der Waals surface area contributed by atoms with Gasteiger partial charge in [0.2, 0.25) is 0 Å². The fourth-order valence-corrected chi connectivity index (χ4v) is 2.96. The molecule has 1 saturated carbocycles. The maximum atomic E-state index is 4.49. The Kier molecular flexibility index (Phi) is 4.18. The fourth-order valence-electron chi connectivity index (χ4n) is 2.96. The second-order valence-corrected chi connectivity index (χ2v) is 6.18. The van der Waals surface area contributed by atoms with Crippen molar-refractivity contribution < 1.29 is 0 Å². The maximum Gasteiger partial charge on any atom is 0.0949 e. The van der Waals surface area contributed by atoms with Crippen LogP contribution in [0.25, 0.3) is 0 Å². The molecule has 1 N–H and O–H groups in total. The zero-order valence-electron chi connectivity index (χ0n) is 12.0. The van der Waals surface area contributed by atoms with E-state index in [0.29, 0.717) is 0 Å². The second-order valence-electron chi connectivity index (χ2n) is 6.18. The van der Waals surface area contributed by atoms with Crippen LogP contribution in [0.4, 0.5) is 0 Å². The molecule has 0 aromatic carbocycles. The van der Waals surface area contributed by atoms with E-state index < -0.39 is 0 Å². The van der Waals surface area contributed by atoms with Crippen molar-refractivity contribution in [3.63, 3.8) is 0 Å². The maximum absolute atomic E-state index is 4.49. The molecule has 1 saturated heterocycles. The van der Waals surface area contributed by atoms with Crippen molar-refractivity contribution in [2.24, 2.45) is 0 Å². The van der Waals surface area contributed by atoms with E-state index in [9.17, 15) is 0 Å². The molecule has 1 unspecified atom stereocenters. The van der Waals surface area contributed by atoms with Crippen LogP contribution in [-0.4, -0.2) is 40.1 Å². The summed E-state index contributed by atoms with van der Waals surface area (Å²) in [6.45, 7) is 3.30. The van der Waals surface area contributed by atoms with E-state index in [1.54, 1.807) is 0 Å². The van der Waals surface area contributed by atoms with Crippen molar-refractivity contribution in [1.82, 2.24) is 19.8 Å². The number of hydrogen-bond acceptors (Lipinski definition) is 3. The van der Waals surface area contributed by atoms with Crippen molar-refractivity contribution in [3.8, 4) is 0 Å². The summed E-state index contributed by atoms with van der Waals surface area (Å²) in [7, 11) is 2.27. The molecule has 4 nitrogen and oxygen atoms in total. The zero-order chi connectivity index (χ0) is 13.1. The van der Waals surface area contributed by atoms with E-state index in [-0.39, 0.29) is 0 Å². The van der Waals surface area contributed by atoms with Crippen molar-refractivity contribution in [2.45, 2.75) is 63.7 Å². The van der Waals surface area contributed by atoms with E-state index in [2.05, 4.69) is 33.0 Å². The summed E-state index contributed by atoms with van der Waals surface area (Å²) in [4.78, 5) is 7.01. The summed E-state index contributed by atoms with van der Waals surface area (Å²) in [6.07, 6.45) is 12.3. The molecule has 0 radical (unpaired) electrons. The first-order chi connectivity index (χ1) is 9.31. The van der Waals surface area contributed by atoms with Crippen molar-refractivity contribution in [2.75, 3.05) is 13.6 Å². The van der Waals surface area contributed by atoms with Gasteiger partial charge in [-0.2, -0.15) is 0 Å². The highest BCUT2D eigenvalue weighted by Crippen LogP contribution is 2.20. The van der Waals surface area contributed by atoms with Crippen LogP contribution >= 0.6 is 0 Å². The molecular weight excluding hydrogens is 236 g/mol. The molecule has 2 fully saturated rings. The lowest BCUT2D eigenvalue weighted by atomic mass is 10.0. The highest BCUT2D eigenvalue weighted by molar-refractivity contribution is 4.98. The quantitative estimate of drug-likeness (QED) is 0.851. The van der Waals surface area contributed by atoms with Gasteiger partial charge in [0.05, 0.1) is 12.0 Å². The topological polar surface area (TPSA) is 33.1 Å². The third-order valence-electron chi connectivity index (χ3n) is 4.48. The molecule has 2 heterocycles. The van der Waals surface area contributed by atoms with E-state index in [4.69, 9.17) is 0 Å². The van der Waals surface area contributed by atoms with Crippen LogP contribution in [0.5, 0.6) is 0 Å². The Hall–Kier alpha value is -0.870. The molecule has 0 bridgehead atoms. The lowest BCUT2D eigenvalue weighted by Gasteiger charge is -2.32. The standard InChI is InChI=1S/C15H26N4/c1-18-8-3-2-4-15(18)7-9-19-11-14(17-12-19)10-16-13-5-6-13/h11-13,15-16H,2-10H2,1H3. The van der Waals surface area contributed by atoms with E-state index in [1.165, 1.54) is 50.8 Å². The van der Waals surface area contributed by atoms with Gasteiger partial charge in [-0.15, -0.1) is 0 Å². The Morgan fingerprint density at radius 2 is 2.21 bits per heavy atom. The molecule has 19 heavy (non-hydrogen) atoms. The van der Waals surface area contributed by atoms with Gasteiger partial charge in [0.15, 0.2) is 0 Å². The molecular formula is C15H26N4. The van der Waals surface area contributed by atoms with Gasteiger partial charge in [0, 0.05) is 31.4 Å². The van der Waals surface area contributed by atoms with Gasteiger partial charge in [-0.3, -0.25) is 0 Å². The van der Waals surface area contributed by atoms with Crippen LogP contribution in [0.2, 0.25) is 0 Å². The minimum atomic E-state index is 0.765. The lowest BCUT2D eigenvalue weighted by molar-refractivity contribution is 0.171. The molecule has 1 aliphatic carbocycles. The molecule has 0 amide bonds. The first-order valence-corrected chi connectivity index (χ1v) is 7.75. The Balaban J connectivity index is 1.43. The second kappa shape index (κ2) is 6.06. The minimum absolute atomic E-state index is 0.765. The Bertz CT molecular complexity index is 397. The number of aromatic nitrogens is 2. The van der Waals surface area contributed by atoms with Crippen molar-refractivity contribution >= 4 is 0 Å². The van der Waals surface area contributed by atoms with E-state index >= 15 is 0 Å². The Morgan fingerprint density at radius 1 is 1.32 bits per heavy atom. The van der Waals surface area contributed by atoms with Gasteiger partial charge >= 0.3 is 0 Å². The SMILES string of the molecule is CN1CCCCC1CCn1cnc(CNC2CC2)c1. The van der Waals surface area contributed by atoms with Crippen molar-refractivity contribution in [3.05, 3.63) is 18.2 Å². The molecule has 4 heteroatoms. The molecule has 1 aliphatic heterocycles. The zero-order valence-corrected chi connectivity index (χ0v) is 12.0. The molecule has 1 aromatic heterocycles. The van der Waals surface area contributed by atoms with Gasteiger partial charge in [-0.25, -0.2) is 4.98 Å². The first-order valence-electron chi connectivity index (χ1n) is 7.75. The number of nitrogens with one attached hydrogen (secondary N) is 1. The monoisotopic (exact) mass is 262 g/mol. The van der Waals surface area contributed by atoms with Crippen molar-refractivity contribution in [1.29, 1.82) is 0 Å². The van der Waals surface area contributed by atoms with Gasteiger partial charge in [-0.1, -0.05) is 6.42 Å². The molecule has 106 valence electrons. The van der Waals surface area contributed by atoms with E-state index in [0.717, 1.165) is 25.2 Å². The third kappa shape index (κ3) is 3.80. The van der Waals surface area contributed by atoms with E-state index in [1.807, 2.05) is 6.33 Å². The number of aryl methyl sites for hydroxylation is 1. The Labute approximate surface area is 116 Å². The Morgan fingerprint density at radius 3 is 3.00 bits per heavy atom. The van der Waals surface area contributed by atoms with Crippen LogP contribution in [0.3, 0.4) is 0 Å². The minimum Gasteiger partial charge on any atom is -0.337 e. The van der Waals surface area contributed by atoms with Crippen LogP contribution in [0.1, 0.15) is 44.2 Å². The molecule has 1 aromatic rings. The largest absolute Gasteiger partial charge is 0.337 e. The average Bonchev–Trinajstić information content (AvgIpc) is 3.14. The molecule has 0 spiro atoms. The van der Waals surface area contributed by atoms with Gasteiger partial charge in [-0.05, 0) is 45.7 Å². The van der Waals surface area contributed by atoms with Crippen LogP contribution in [-0.2, 0) is 13.1 Å². The average molecular weight is 262 g/mol.